The predicted octanol–water partition coefficient (Wildman–Crippen LogP) is 2.59. The van der Waals surface area contributed by atoms with E-state index in [1.54, 1.807) is 6.20 Å². The number of amides is 1. The molecule has 3 atom stereocenters. The topological polar surface area (TPSA) is 146 Å². The van der Waals surface area contributed by atoms with Gasteiger partial charge in [-0.3, -0.25) is 9.89 Å². The lowest BCUT2D eigenvalue weighted by molar-refractivity contribution is 0.0923. The van der Waals surface area contributed by atoms with E-state index in [1.807, 2.05) is 19.1 Å². The Labute approximate surface area is 208 Å². The summed E-state index contributed by atoms with van der Waals surface area (Å²) in [5, 5.41) is 20.7. The molecule has 0 radical (unpaired) electrons. The summed E-state index contributed by atoms with van der Waals surface area (Å²) in [6.45, 7) is 3.83. The summed E-state index contributed by atoms with van der Waals surface area (Å²) in [4.78, 5) is 32.8. The summed E-state index contributed by atoms with van der Waals surface area (Å²) in [5.41, 5.74) is 1.85. The number of rotatable bonds is 8. The Balaban J connectivity index is 1.18. The van der Waals surface area contributed by atoms with Crippen LogP contribution in [0.3, 0.4) is 0 Å². The van der Waals surface area contributed by atoms with Crippen LogP contribution in [0, 0.1) is 29.1 Å². The fourth-order valence-electron chi connectivity index (χ4n) is 4.95. The Kier molecular flexibility index (Phi) is 5.87. The van der Waals surface area contributed by atoms with Gasteiger partial charge in [0.15, 0.2) is 5.65 Å². The van der Waals surface area contributed by atoms with Gasteiger partial charge < -0.3 is 15.0 Å². The van der Waals surface area contributed by atoms with Crippen LogP contribution in [0.25, 0.3) is 11.0 Å². The zero-order valence-electron chi connectivity index (χ0n) is 20.2. The minimum atomic E-state index is -0.311. The van der Waals surface area contributed by atoms with Crippen LogP contribution in [0.1, 0.15) is 61.3 Å². The molecular weight excluding hydrogens is 458 g/mol. The first-order valence-electron chi connectivity index (χ1n) is 12.7. The predicted molar refractivity (Wildman–Crippen MR) is 130 cm³/mol. The highest BCUT2D eigenvalue weighted by Gasteiger charge is 2.38. The number of nitrogens with one attached hydrogen (secondary N) is 2. The average molecular weight is 488 g/mol. The van der Waals surface area contributed by atoms with Crippen LogP contribution in [-0.4, -0.2) is 61.8 Å². The van der Waals surface area contributed by atoms with Crippen molar-refractivity contribution < 1.29 is 9.53 Å². The minimum Gasteiger partial charge on any atom is -0.463 e. The van der Waals surface area contributed by atoms with Crippen molar-refractivity contribution in [2.45, 2.75) is 51.0 Å². The maximum Gasteiger partial charge on any atom is 0.321 e. The van der Waals surface area contributed by atoms with Crippen molar-refractivity contribution in [2.24, 2.45) is 17.8 Å². The van der Waals surface area contributed by atoms with E-state index in [-0.39, 0.29) is 35.6 Å². The monoisotopic (exact) mass is 487 g/mol. The molecule has 36 heavy (non-hydrogen) atoms. The molecule has 2 aliphatic carbocycles. The number of aromatic nitrogens is 6. The second kappa shape index (κ2) is 9.33. The lowest BCUT2D eigenvalue weighted by atomic mass is 9.92. The number of fused-ring (bicyclic) bond motifs is 1. The number of carbonyl (C=O) groups excluding carboxylic acids is 1. The number of piperidine rings is 1. The van der Waals surface area contributed by atoms with Crippen molar-refractivity contribution in [2.75, 3.05) is 24.6 Å². The second-order valence-corrected chi connectivity index (χ2v) is 10.2. The van der Waals surface area contributed by atoms with E-state index in [0.29, 0.717) is 24.4 Å². The van der Waals surface area contributed by atoms with Gasteiger partial charge in [-0.2, -0.15) is 25.3 Å². The first kappa shape index (κ1) is 22.6. The van der Waals surface area contributed by atoms with Crippen molar-refractivity contribution in [3.8, 4) is 12.1 Å². The molecule has 1 amide bonds. The maximum atomic E-state index is 13.0. The zero-order valence-corrected chi connectivity index (χ0v) is 20.2. The van der Waals surface area contributed by atoms with E-state index < -0.39 is 0 Å². The van der Waals surface area contributed by atoms with Gasteiger partial charge in [0.1, 0.15) is 0 Å². The van der Waals surface area contributed by atoms with Gasteiger partial charge >= 0.3 is 6.01 Å². The molecule has 0 unspecified atom stereocenters. The molecule has 0 bridgehead atoms. The number of anilines is 1. The molecule has 6 rings (SSSR count). The number of hydrogen-bond donors (Lipinski definition) is 2. The van der Waals surface area contributed by atoms with Gasteiger partial charge in [0.25, 0.3) is 5.91 Å². The van der Waals surface area contributed by atoms with Crippen LogP contribution < -0.4 is 15.0 Å². The van der Waals surface area contributed by atoms with Crippen LogP contribution >= 0.6 is 0 Å². The molecule has 186 valence electrons. The molecule has 11 heteroatoms. The molecule has 0 spiro atoms. The van der Waals surface area contributed by atoms with E-state index in [4.69, 9.17) is 10.00 Å². The quantitative estimate of drug-likeness (QED) is 0.489. The Morgan fingerprint density at radius 3 is 2.86 bits per heavy atom. The molecule has 11 nitrogen and oxygen atoms in total. The van der Waals surface area contributed by atoms with Crippen LogP contribution in [0.2, 0.25) is 0 Å². The molecule has 3 aliphatic rings. The van der Waals surface area contributed by atoms with Crippen LogP contribution in [0.5, 0.6) is 6.01 Å². The molecule has 3 fully saturated rings. The highest BCUT2D eigenvalue weighted by atomic mass is 16.5. The van der Waals surface area contributed by atoms with Gasteiger partial charge in [-0.15, -0.1) is 0 Å². The van der Waals surface area contributed by atoms with Crippen molar-refractivity contribution in [1.82, 2.24) is 35.5 Å². The summed E-state index contributed by atoms with van der Waals surface area (Å²) in [6.07, 6.45) is 6.61. The van der Waals surface area contributed by atoms with E-state index in [2.05, 4.69) is 46.4 Å². The minimum absolute atomic E-state index is 0.0285. The summed E-state index contributed by atoms with van der Waals surface area (Å²) in [6, 6.07) is 6.47. The highest BCUT2D eigenvalue weighted by molar-refractivity contribution is 5.91. The number of ether oxygens (including phenoxy) is 1. The fourth-order valence-corrected chi connectivity index (χ4v) is 4.95. The van der Waals surface area contributed by atoms with Gasteiger partial charge in [0, 0.05) is 42.6 Å². The summed E-state index contributed by atoms with van der Waals surface area (Å²) >= 11 is 0. The first-order chi connectivity index (χ1) is 17.6. The Morgan fingerprint density at radius 2 is 2.11 bits per heavy atom. The molecule has 0 aromatic carbocycles. The summed E-state index contributed by atoms with van der Waals surface area (Å²) in [5.74, 6) is 1.25. The first-order valence-corrected chi connectivity index (χ1v) is 12.7. The molecule has 2 saturated carbocycles. The summed E-state index contributed by atoms with van der Waals surface area (Å²) < 4.78 is 5.84. The molecule has 2 N–H and O–H groups in total. The third kappa shape index (κ3) is 4.67. The number of carbonyl (C=O) groups is 1. The third-order valence-corrected chi connectivity index (χ3v) is 7.54. The SMILES string of the molecule is C[C@@H](NC(=O)c1nc(OC[C@H]2C[C@H]2C#N)nc(N2CCC(c3n[nH]c4ncccc34)CC2)n1)C1CC1. The lowest BCUT2D eigenvalue weighted by Gasteiger charge is -2.31. The number of pyridine rings is 1. The number of hydrogen-bond acceptors (Lipinski definition) is 9. The van der Waals surface area contributed by atoms with E-state index >= 15 is 0 Å². The van der Waals surface area contributed by atoms with Crippen molar-refractivity contribution >= 4 is 22.9 Å². The van der Waals surface area contributed by atoms with Crippen LogP contribution in [-0.2, 0) is 0 Å². The zero-order chi connectivity index (χ0) is 24.6. The number of aromatic amines is 1. The third-order valence-electron chi connectivity index (χ3n) is 7.54. The average Bonchev–Trinajstić information content (AvgIpc) is 3.84. The van der Waals surface area contributed by atoms with Crippen molar-refractivity contribution in [1.29, 1.82) is 5.26 Å². The highest BCUT2D eigenvalue weighted by Crippen LogP contribution is 2.38. The van der Waals surface area contributed by atoms with Gasteiger partial charge in [-0.05, 0) is 57.1 Å². The standard InChI is InChI=1S/C25H29N9O2/c1-14(15-4-5-15)28-23(35)22-29-24(31-25(30-22)36-13-18-11-17(18)12-26)34-9-6-16(7-10-34)20-19-3-2-8-27-21(19)33-32-20/h2-3,8,14-18H,4-7,9-11,13H2,1H3,(H,28,35)(H,27,32,33)/t14-,17+,18-/m1/s1. The smallest absolute Gasteiger partial charge is 0.321 e. The normalized spacial score (nSPS) is 22.7. The molecular formula is C25H29N9O2. The fraction of sp³-hybridized carbons (Fsp3) is 0.560. The molecule has 1 saturated heterocycles. The Bertz CT molecular complexity index is 1310. The van der Waals surface area contributed by atoms with Gasteiger partial charge in [0.2, 0.25) is 11.8 Å². The second-order valence-electron chi connectivity index (χ2n) is 10.2. The number of nitriles is 1. The van der Waals surface area contributed by atoms with Gasteiger partial charge in [0.05, 0.1) is 24.3 Å². The van der Waals surface area contributed by atoms with Gasteiger partial charge in [-0.1, -0.05) is 0 Å². The maximum absolute atomic E-state index is 13.0. The lowest BCUT2D eigenvalue weighted by Crippen LogP contribution is -2.37. The Hall–Kier alpha value is -3.81. The summed E-state index contributed by atoms with van der Waals surface area (Å²) in [7, 11) is 0. The van der Waals surface area contributed by atoms with E-state index in [0.717, 1.165) is 61.9 Å². The van der Waals surface area contributed by atoms with Crippen LogP contribution in [0.4, 0.5) is 5.95 Å². The number of nitrogens with zero attached hydrogens (tertiary/aromatic N) is 7. The number of H-pyrrole nitrogens is 1. The van der Waals surface area contributed by atoms with Crippen LogP contribution in [0.15, 0.2) is 18.3 Å². The van der Waals surface area contributed by atoms with Crippen molar-refractivity contribution in [3.63, 3.8) is 0 Å². The van der Waals surface area contributed by atoms with E-state index in [1.165, 1.54) is 0 Å². The molecule has 3 aromatic rings. The largest absolute Gasteiger partial charge is 0.463 e. The Morgan fingerprint density at radius 1 is 1.28 bits per heavy atom. The van der Waals surface area contributed by atoms with Gasteiger partial charge in [-0.25, -0.2) is 4.98 Å². The van der Waals surface area contributed by atoms with Crippen molar-refractivity contribution in [3.05, 3.63) is 29.8 Å². The molecule has 1 aliphatic heterocycles. The molecule has 4 heterocycles. The molecule has 3 aromatic heterocycles. The van der Waals surface area contributed by atoms with E-state index in [9.17, 15) is 4.79 Å².